The lowest BCUT2D eigenvalue weighted by molar-refractivity contribution is 0.108. The summed E-state index contributed by atoms with van der Waals surface area (Å²) >= 11 is 0. The fraction of sp³-hybridized carbons (Fsp3) is 0.143. The van der Waals surface area contributed by atoms with Crippen LogP contribution in [0.25, 0.3) is 0 Å². The molecule has 0 atom stereocenters. The summed E-state index contributed by atoms with van der Waals surface area (Å²) in [5.41, 5.74) is 15.2. The lowest BCUT2D eigenvalue weighted by Crippen LogP contribution is -2.00. The third kappa shape index (κ3) is 2.98. The SMILES string of the molecule is Nc1ccccc1COCc1ccccc1N. The van der Waals surface area contributed by atoms with Gasteiger partial charge in [-0.1, -0.05) is 36.4 Å². The molecule has 0 spiro atoms. The summed E-state index contributed by atoms with van der Waals surface area (Å²) < 4.78 is 5.61. The molecular weight excluding hydrogens is 212 g/mol. The molecule has 0 aromatic heterocycles. The van der Waals surface area contributed by atoms with Crippen molar-refractivity contribution in [1.29, 1.82) is 0 Å². The van der Waals surface area contributed by atoms with E-state index in [1.165, 1.54) is 0 Å². The van der Waals surface area contributed by atoms with E-state index in [-0.39, 0.29) is 0 Å². The van der Waals surface area contributed by atoms with Gasteiger partial charge in [0.05, 0.1) is 13.2 Å². The van der Waals surface area contributed by atoms with Gasteiger partial charge in [0, 0.05) is 22.5 Å². The Hall–Kier alpha value is -2.00. The van der Waals surface area contributed by atoms with Gasteiger partial charge in [0.1, 0.15) is 0 Å². The van der Waals surface area contributed by atoms with Crippen LogP contribution in [0, 0.1) is 0 Å². The highest BCUT2D eigenvalue weighted by atomic mass is 16.5. The second kappa shape index (κ2) is 5.37. The predicted octanol–water partition coefficient (Wildman–Crippen LogP) is 2.57. The molecular formula is C14H16N2O. The highest BCUT2D eigenvalue weighted by molar-refractivity contribution is 5.47. The molecule has 3 nitrogen and oxygen atoms in total. The van der Waals surface area contributed by atoms with E-state index in [1.807, 2.05) is 48.5 Å². The van der Waals surface area contributed by atoms with Crippen LogP contribution in [-0.2, 0) is 18.0 Å². The molecule has 2 aromatic rings. The van der Waals surface area contributed by atoms with Gasteiger partial charge in [-0.2, -0.15) is 0 Å². The number of rotatable bonds is 4. The van der Waals surface area contributed by atoms with Crippen LogP contribution in [0.2, 0.25) is 0 Å². The quantitative estimate of drug-likeness (QED) is 0.790. The van der Waals surface area contributed by atoms with E-state index in [1.54, 1.807) is 0 Å². The molecule has 0 aliphatic heterocycles. The van der Waals surface area contributed by atoms with Crippen molar-refractivity contribution in [3.8, 4) is 0 Å². The summed E-state index contributed by atoms with van der Waals surface area (Å²) in [7, 11) is 0. The first-order valence-electron chi connectivity index (χ1n) is 5.52. The molecule has 0 heterocycles. The van der Waals surface area contributed by atoms with Gasteiger partial charge in [0.15, 0.2) is 0 Å². The largest absolute Gasteiger partial charge is 0.398 e. The Kier molecular flexibility index (Phi) is 3.62. The smallest absolute Gasteiger partial charge is 0.0741 e. The van der Waals surface area contributed by atoms with Crippen molar-refractivity contribution in [2.75, 3.05) is 11.5 Å². The average molecular weight is 228 g/mol. The molecule has 0 bridgehead atoms. The summed E-state index contributed by atoms with van der Waals surface area (Å²) in [5.74, 6) is 0. The Morgan fingerprint density at radius 1 is 0.706 bits per heavy atom. The third-order valence-electron chi connectivity index (χ3n) is 2.63. The molecule has 0 aliphatic carbocycles. The summed E-state index contributed by atoms with van der Waals surface area (Å²) in [6, 6.07) is 15.4. The minimum absolute atomic E-state index is 0.501. The van der Waals surface area contributed by atoms with E-state index >= 15 is 0 Å². The Morgan fingerprint density at radius 2 is 1.12 bits per heavy atom. The standard InChI is InChI=1S/C14H16N2O/c15-13-7-3-1-5-11(13)9-17-10-12-6-2-4-8-14(12)16/h1-8H,9-10,15-16H2. The van der Waals surface area contributed by atoms with Crippen LogP contribution in [-0.4, -0.2) is 0 Å². The molecule has 0 amide bonds. The van der Waals surface area contributed by atoms with E-state index in [0.29, 0.717) is 13.2 Å². The Bertz CT molecular complexity index is 452. The molecule has 2 aromatic carbocycles. The van der Waals surface area contributed by atoms with Crippen LogP contribution in [0.4, 0.5) is 11.4 Å². The molecule has 0 unspecified atom stereocenters. The van der Waals surface area contributed by atoms with Gasteiger partial charge >= 0.3 is 0 Å². The number of anilines is 2. The number of nitrogen functional groups attached to an aromatic ring is 2. The normalized spacial score (nSPS) is 10.4. The Balaban J connectivity index is 1.93. The van der Waals surface area contributed by atoms with Gasteiger partial charge in [-0.15, -0.1) is 0 Å². The van der Waals surface area contributed by atoms with Crippen molar-refractivity contribution in [1.82, 2.24) is 0 Å². The molecule has 17 heavy (non-hydrogen) atoms. The molecule has 0 aliphatic rings. The first-order valence-corrected chi connectivity index (χ1v) is 5.52. The first kappa shape index (κ1) is 11.5. The molecule has 0 radical (unpaired) electrons. The van der Waals surface area contributed by atoms with Crippen molar-refractivity contribution in [3.63, 3.8) is 0 Å². The summed E-state index contributed by atoms with van der Waals surface area (Å²) in [6.07, 6.45) is 0. The van der Waals surface area contributed by atoms with E-state index in [4.69, 9.17) is 16.2 Å². The molecule has 0 saturated carbocycles. The zero-order valence-electron chi connectivity index (χ0n) is 9.60. The number of ether oxygens (including phenoxy) is 1. The summed E-state index contributed by atoms with van der Waals surface area (Å²) in [4.78, 5) is 0. The number of benzene rings is 2. The molecule has 2 rings (SSSR count). The average Bonchev–Trinajstić information content (AvgIpc) is 2.34. The third-order valence-corrected chi connectivity index (χ3v) is 2.63. The summed E-state index contributed by atoms with van der Waals surface area (Å²) in [6.45, 7) is 1.00. The van der Waals surface area contributed by atoms with E-state index < -0.39 is 0 Å². The van der Waals surface area contributed by atoms with Crippen molar-refractivity contribution in [3.05, 3.63) is 59.7 Å². The van der Waals surface area contributed by atoms with E-state index in [0.717, 1.165) is 22.5 Å². The van der Waals surface area contributed by atoms with Crippen LogP contribution in [0.1, 0.15) is 11.1 Å². The second-order valence-electron chi connectivity index (χ2n) is 3.89. The van der Waals surface area contributed by atoms with Crippen molar-refractivity contribution < 1.29 is 4.74 Å². The number of hydrogen-bond donors (Lipinski definition) is 2. The topological polar surface area (TPSA) is 61.3 Å². The number of nitrogens with two attached hydrogens (primary N) is 2. The Labute approximate surface area is 101 Å². The van der Waals surface area contributed by atoms with Crippen molar-refractivity contribution in [2.24, 2.45) is 0 Å². The van der Waals surface area contributed by atoms with Gasteiger partial charge in [-0.3, -0.25) is 0 Å². The minimum Gasteiger partial charge on any atom is -0.398 e. The van der Waals surface area contributed by atoms with E-state index in [9.17, 15) is 0 Å². The molecule has 0 fully saturated rings. The highest BCUT2D eigenvalue weighted by Crippen LogP contribution is 2.15. The lowest BCUT2D eigenvalue weighted by Gasteiger charge is -2.08. The monoisotopic (exact) mass is 228 g/mol. The molecule has 4 N–H and O–H groups in total. The minimum atomic E-state index is 0.501. The zero-order valence-corrected chi connectivity index (χ0v) is 9.60. The second-order valence-corrected chi connectivity index (χ2v) is 3.89. The summed E-state index contributed by atoms with van der Waals surface area (Å²) in [5, 5.41) is 0. The maximum Gasteiger partial charge on any atom is 0.0741 e. The first-order chi connectivity index (χ1) is 8.27. The van der Waals surface area contributed by atoms with Crippen LogP contribution >= 0.6 is 0 Å². The van der Waals surface area contributed by atoms with Gasteiger partial charge in [-0.25, -0.2) is 0 Å². The van der Waals surface area contributed by atoms with Gasteiger partial charge in [-0.05, 0) is 12.1 Å². The van der Waals surface area contributed by atoms with Crippen molar-refractivity contribution in [2.45, 2.75) is 13.2 Å². The number of hydrogen-bond acceptors (Lipinski definition) is 3. The van der Waals surface area contributed by atoms with Crippen LogP contribution < -0.4 is 11.5 Å². The molecule has 0 saturated heterocycles. The zero-order chi connectivity index (χ0) is 12.1. The van der Waals surface area contributed by atoms with Crippen LogP contribution in [0.3, 0.4) is 0 Å². The predicted molar refractivity (Wildman–Crippen MR) is 70.2 cm³/mol. The fourth-order valence-electron chi connectivity index (χ4n) is 1.60. The van der Waals surface area contributed by atoms with Gasteiger partial charge < -0.3 is 16.2 Å². The lowest BCUT2D eigenvalue weighted by atomic mass is 10.2. The maximum atomic E-state index is 5.83. The van der Waals surface area contributed by atoms with Crippen LogP contribution in [0.15, 0.2) is 48.5 Å². The van der Waals surface area contributed by atoms with E-state index in [2.05, 4.69) is 0 Å². The highest BCUT2D eigenvalue weighted by Gasteiger charge is 2.00. The Morgan fingerprint density at radius 3 is 1.53 bits per heavy atom. The van der Waals surface area contributed by atoms with Crippen LogP contribution in [0.5, 0.6) is 0 Å². The number of para-hydroxylation sites is 2. The van der Waals surface area contributed by atoms with Gasteiger partial charge in [0.2, 0.25) is 0 Å². The molecule has 88 valence electrons. The fourth-order valence-corrected chi connectivity index (χ4v) is 1.60. The van der Waals surface area contributed by atoms with Crippen molar-refractivity contribution >= 4 is 11.4 Å². The maximum absolute atomic E-state index is 5.83. The van der Waals surface area contributed by atoms with Gasteiger partial charge in [0.25, 0.3) is 0 Å². The molecule has 3 heteroatoms.